The lowest BCUT2D eigenvalue weighted by molar-refractivity contribution is -0.141. The van der Waals surface area contributed by atoms with Crippen LogP contribution in [0.2, 0.25) is 0 Å². The van der Waals surface area contributed by atoms with Crippen molar-refractivity contribution in [2.75, 3.05) is 13.1 Å². The number of carbonyl (C=O) groups is 1. The summed E-state index contributed by atoms with van der Waals surface area (Å²) < 4.78 is 56.8. The highest BCUT2D eigenvalue weighted by Crippen LogP contribution is 2.44. The molecule has 0 aromatic heterocycles. The highest BCUT2D eigenvalue weighted by atomic mass is 19.4. The molecule has 7 heteroatoms. The van der Waals surface area contributed by atoms with Crippen LogP contribution in [0.3, 0.4) is 0 Å². The zero-order valence-corrected chi connectivity index (χ0v) is 20.2. The van der Waals surface area contributed by atoms with Crippen LogP contribution in [-0.2, 0) is 11.0 Å². The van der Waals surface area contributed by atoms with Crippen molar-refractivity contribution in [3.8, 4) is 11.1 Å². The second-order valence-corrected chi connectivity index (χ2v) is 9.62. The Labute approximate surface area is 208 Å². The largest absolute Gasteiger partial charge is 0.481 e. The third-order valence-corrected chi connectivity index (χ3v) is 7.11. The zero-order valence-electron chi connectivity index (χ0n) is 20.2. The fraction of sp³-hybridized carbons (Fsp3) is 0.345. The maximum Gasteiger partial charge on any atom is 0.416 e. The predicted molar refractivity (Wildman–Crippen MR) is 131 cm³/mol. The quantitative estimate of drug-likeness (QED) is 0.357. The first-order valence-electron chi connectivity index (χ1n) is 12.1. The van der Waals surface area contributed by atoms with Crippen molar-refractivity contribution in [1.82, 2.24) is 4.90 Å². The molecule has 0 bridgehead atoms. The first-order valence-corrected chi connectivity index (χ1v) is 12.1. The number of carboxylic acid groups (broad SMARTS) is 1. The Kier molecular flexibility index (Phi) is 7.50. The van der Waals surface area contributed by atoms with Gasteiger partial charge in [-0.25, -0.2) is 4.39 Å². The van der Waals surface area contributed by atoms with Gasteiger partial charge in [0.15, 0.2) is 0 Å². The van der Waals surface area contributed by atoms with Gasteiger partial charge in [0.05, 0.1) is 17.5 Å². The van der Waals surface area contributed by atoms with E-state index in [0.29, 0.717) is 41.3 Å². The topological polar surface area (TPSA) is 40.5 Å². The molecule has 0 aliphatic carbocycles. The summed E-state index contributed by atoms with van der Waals surface area (Å²) in [6.45, 7) is 4.80. The van der Waals surface area contributed by atoms with Gasteiger partial charge in [0, 0.05) is 0 Å². The molecule has 3 aromatic rings. The lowest BCUT2D eigenvalue weighted by Gasteiger charge is -2.38. The second kappa shape index (κ2) is 10.4. The van der Waals surface area contributed by atoms with Gasteiger partial charge in [-0.05, 0) is 90.9 Å². The Morgan fingerprint density at radius 1 is 0.972 bits per heavy atom. The Bertz CT molecular complexity index is 1200. The third kappa shape index (κ3) is 5.46. The van der Waals surface area contributed by atoms with Gasteiger partial charge in [-0.1, -0.05) is 49.4 Å². The number of likely N-dealkylation sites (tertiary alicyclic amines) is 1. The number of nitrogens with zero attached hydrogens (tertiary/aromatic N) is 1. The molecule has 0 spiro atoms. The smallest absolute Gasteiger partial charge is 0.416 e. The summed E-state index contributed by atoms with van der Waals surface area (Å²) in [5, 5.41) is 9.59. The van der Waals surface area contributed by atoms with Crippen LogP contribution in [0.25, 0.3) is 11.1 Å². The van der Waals surface area contributed by atoms with Crippen LogP contribution < -0.4 is 0 Å². The molecule has 1 heterocycles. The average molecular weight is 500 g/mol. The summed E-state index contributed by atoms with van der Waals surface area (Å²) in [4.78, 5) is 13.9. The number of hydrogen-bond donors (Lipinski definition) is 1. The van der Waals surface area contributed by atoms with Gasteiger partial charge in [0.2, 0.25) is 0 Å². The van der Waals surface area contributed by atoms with Crippen molar-refractivity contribution in [2.45, 2.75) is 44.8 Å². The van der Waals surface area contributed by atoms with Crippen LogP contribution in [0.5, 0.6) is 0 Å². The fourth-order valence-electron chi connectivity index (χ4n) is 4.98. The van der Waals surface area contributed by atoms with Gasteiger partial charge >= 0.3 is 12.1 Å². The fourth-order valence-corrected chi connectivity index (χ4v) is 4.98. The molecule has 2 atom stereocenters. The van der Waals surface area contributed by atoms with E-state index in [1.807, 2.05) is 6.07 Å². The van der Waals surface area contributed by atoms with E-state index in [1.54, 1.807) is 36.4 Å². The molecule has 1 aliphatic heterocycles. The molecule has 1 saturated heterocycles. The molecule has 1 aliphatic rings. The van der Waals surface area contributed by atoms with Crippen molar-refractivity contribution < 1.29 is 27.5 Å². The predicted octanol–water partition coefficient (Wildman–Crippen LogP) is 7.52. The van der Waals surface area contributed by atoms with Crippen molar-refractivity contribution in [2.24, 2.45) is 5.92 Å². The minimum atomic E-state index is -4.74. The lowest BCUT2D eigenvalue weighted by atomic mass is 9.83. The normalized spacial score (nSPS) is 17.1. The Balaban J connectivity index is 2.01. The van der Waals surface area contributed by atoms with Crippen LogP contribution >= 0.6 is 0 Å². The number of piperidine rings is 1. The molecule has 36 heavy (non-hydrogen) atoms. The van der Waals surface area contributed by atoms with Crippen molar-refractivity contribution >= 4 is 5.97 Å². The summed E-state index contributed by atoms with van der Waals surface area (Å²) in [5.74, 6) is -2.59. The van der Waals surface area contributed by atoms with E-state index in [-0.39, 0.29) is 5.56 Å². The number of aliphatic carboxylic acids is 1. The molecule has 0 saturated carbocycles. The van der Waals surface area contributed by atoms with Crippen LogP contribution in [-0.4, -0.2) is 29.1 Å². The Hall–Kier alpha value is -3.19. The molecular formula is C29H29F4NO2. The van der Waals surface area contributed by atoms with Crippen LogP contribution in [0.15, 0.2) is 66.7 Å². The second-order valence-electron chi connectivity index (χ2n) is 9.62. The lowest BCUT2D eigenvalue weighted by Crippen LogP contribution is -2.37. The molecule has 0 unspecified atom stereocenters. The van der Waals surface area contributed by atoms with Crippen molar-refractivity contribution in [3.05, 3.63) is 94.8 Å². The summed E-state index contributed by atoms with van der Waals surface area (Å²) in [6, 6.07) is 16.9. The van der Waals surface area contributed by atoms with E-state index < -0.39 is 35.5 Å². The summed E-state index contributed by atoms with van der Waals surface area (Å²) in [6.07, 6.45) is -2.94. The highest BCUT2D eigenvalue weighted by molar-refractivity contribution is 5.79. The number of halogens is 4. The van der Waals surface area contributed by atoms with E-state index in [2.05, 4.69) is 11.8 Å². The maximum atomic E-state index is 14.3. The van der Waals surface area contributed by atoms with E-state index >= 15 is 0 Å². The van der Waals surface area contributed by atoms with Gasteiger partial charge in [-0.3, -0.25) is 9.69 Å². The molecule has 4 rings (SSSR count). The van der Waals surface area contributed by atoms with Crippen LogP contribution in [0.4, 0.5) is 17.6 Å². The zero-order chi connectivity index (χ0) is 26.0. The number of hydrogen-bond acceptors (Lipinski definition) is 2. The minimum absolute atomic E-state index is 0.275. The molecular weight excluding hydrogens is 470 g/mol. The summed E-state index contributed by atoms with van der Waals surface area (Å²) in [7, 11) is 0. The summed E-state index contributed by atoms with van der Waals surface area (Å²) >= 11 is 0. The minimum Gasteiger partial charge on any atom is -0.481 e. The number of carboxylic acids is 1. The molecule has 3 aromatic carbocycles. The van der Waals surface area contributed by atoms with Gasteiger partial charge < -0.3 is 5.11 Å². The number of alkyl halides is 3. The maximum absolute atomic E-state index is 14.3. The van der Waals surface area contributed by atoms with E-state index in [1.165, 1.54) is 25.1 Å². The molecule has 190 valence electrons. The van der Waals surface area contributed by atoms with Gasteiger partial charge in [0.1, 0.15) is 5.82 Å². The SMILES string of the molecule is CC1CCN([C@@H](c2ccc(F)cc2)c2cc(C(F)(F)F)c([C@H](C)C(=O)O)cc2-c2ccccc2)CC1. The standard InChI is InChI=1S/C29H29F4NO2/c1-18-12-14-34(15-13-18)27(21-8-10-22(30)11-9-21)25-17-26(29(31,32)33)23(19(2)28(35)36)16-24(25)20-6-4-3-5-7-20/h3-11,16-19,27H,12-15H2,1-2H3,(H,35,36)/t19-,27-/m0/s1. The first-order chi connectivity index (χ1) is 17.1. The van der Waals surface area contributed by atoms with Gasteiger partial charge in [-0.15, -0.1) is 0 Å². The van der Waals surface area contributed by atoms with E-state index in [4.69, 9.17) is 0 Å². The first kappa shape index (κ1) is 25.9. The third-order valence-electron chi connectivity index (χ3n) is 7.11. The highest BCUT2D eigenvalue weighted by Gasteiger charge is 2.39. The van der Waals surface area contributed by atoms with E-state index in [0.717, 1.165) is 18.9 Å². The van der Waals surface area contributed by atoms with Crippen LogP contribution in [0.1, 0.15) is 60.9 Å². The number of benzene rings is 3. The van der Waals surface area contributed by atoms with Gasteiger partial charge in [-0.2, -0.15) is 13.2 Å². The molecule has 0 amide bonds. The average Bonchev–Trinajstić information content (AvgIpc) is 2.85. The molecule has 0 radical (unpaired) electrons. The van der Waals surface area contributed by atoms with Crippen molar-refractivity contribution in [3.63, 3.8) is 0 Å². The molecule has 1 N–H and O–H groups in total. The summed E-state index contributed by atoms with van der Waals surface area (Å²) in [5.41, 5.74) is 1.12. The van der Waals surface area contributed by atoms with Gasteiger partial charge in [0.25, 0.3) is 0 Å². The Morgan fingerprint density at radius 3 is 2.14 bits per heavy atom. The number of rotatable bonds is 6. The van der Waals surface area contributed by atoms with E-state index in [9.17, 15) is 27.5 Å². The van der Waals surface area contributed by atoms with Crippen LogP contribution in [0, 0.1) is 11.7 Å². The molecule has 3 nitrogen and oxygen atoms in total. The monoisotopic (exact) mass is 499 g/mol. The molecule has 1 fully saturated rings. The Morgan fingerprint density at radius 2 is 1.58 bits per heavy atom. The van der Waals surface area contributed by atoms with Crippen molar-refractivity contribution in [1.29, 1.82) is 0 Å².